The molecule has 9 nitrogen and oxygen atoms in total. The van der Waals surface area contributed by atoms with E-state index in [0.717, 1.165) is 5.69 Å². The summed E-state index contributed by atoms with van der Waals surface area (Å²) in [5, 5.41) is 15.5. The number of amides is 1. The van der Waals surface area contributed by atoms with Crippen molar-refractivity contribution >= 4 is 23.3 Å². The Hall–Kier alpha value is -3.80. The Morgan fingerprint density at radius 3 is 2.93 bits per heavy atom. The molecule has 0 unspecified atom stereocenters. The molecule has 0 aliphatic rings. The summed E-state index contributed by atoms with van der Waals surface area (Å²) in [6.07, 6.45) is 1.36. The number of carbonyl (C=O) groups excluding carboxylic acids is 2. The van der Waals surface area contributed by atoms with Gasteiger partial charge in [-0.2, -0.15) is 15.3 Å². The van der Waals surface area contributed by atoms with Crippen molar-refractivity contribution in [1.82, 2.24) is 19.6 Å². The van der Waals surface area contributed by atoms with Gasteiger partial charge in [-0.15, -0.1) is 0 Å². The van der Waals surface area contributed by atoms with Crippen molar-refractivity contribution in [3.05, 3.63) is 53.1 Å². The topological polar surface area (TPSA) is 122 Å². The van der Waals surface area contributed by atoms with E-state index < -0.39 is 18.5 Å². The monoisotopic (exact) mass is 364 g/mol. The molecule has 0 aliphatic heterocycles. The van der Waals surface area contributed by atoms with Crippen LogP contribution in [0.15, 0.2) is 30.6 Å². The number of ether oxygens (including phenoxy) is 1. The lowest BCUT2D eigenvalue weighted by Crippen LogP contribution is -2.22. The molecule has 1 amide bonds. The minimum absolute atomic E-state index is 0.0301. The standard InChI is InChI=1S/C18H16N6O3/c1-11-15(12(2)24-18(22-11)20-10-21-24)7-17(26)27-9-16(25)23-14-5-3-4-13(6-14)8-19/h3-6,10H,7,9H2,1-2H3,(H,23,25). The second kappa shape index (κ2) is 7.61. The first kappa shape index (κ1) is 18.0. The fraction of sp³-hybridized carbons (Fsp3) is 0.222. The van der Waals surface area contributed by atoms with Crippen molar-refractivity contribution in [2.75, 3.05) is 11.9 Å². The maximum Gasteiger partial charge on any atom is 0.310 e. The predicted octanol–water partition coefficient (Wildman–Crippen LogP) is 1.34. The van der Waals surface area contributed by atoms with Gasteiger partial charge in [0.1, 0.15) is 6.33 Å². The number of esters is 1. The number of nitrogens with one attached hydrogen (secondary N) is 1. The summed E-state index contributed by atoms with van der Waals surface area (Å²) in [5.41, 5.74) is 2.96. The van der Waals surface area contributed by atoms with Gasteiger partial charge in [-0.05, 0) is 32.0 Å². The zero-order valence-corrected chi connectivity index (χ0v) is 14.8. The van der Waals surface area contributed by atoms with Crippen LogP contribution in [-0.2, 0) is 20.7 Å². The highest BCUT2D eigenvalue weighted by molar-refractivity contribution is 5.93. The molecule has 2 aromatic heterocycles. The van der Waals surface area contributed by atoms with Crippen LogP contribution in [0, 0.1) is 25.2 Å². The quantitative estimate of drug-likeness (QED) is 0.678. The highest BCUT2D eigenvalue weighted by Crippen LogP contribution is 2.14. The van der Waals surface area contributed by atoms with Gasteiger partial charge in [-0.1, -0.05) is 6.07 Å². The van der Waals surface area contributed by atoms with E-state index in [-0.39, 0.29) is 6.42 Å². The molecule has 0 spiro atoms. The molecule has 0 bridgehead atoms. The van der Waals surface area contributed by atoms with Crippen LogP contribution in [0.3, 0.4) is 0 Å². The number of fused-ring (bicyclic) bond motifs is 1. The summed E-state index contributed by atoms with van der Waals surface area (Å²) in [6, 6.07) is 8.44. The van der Waals surface area contributed by atoms with Crippen molar-refractivity contribution in [3.63, 3.8) is 0 Å². The first-order valence-corrected chi connectivity index (χ1v) is 8.09. The van der Waals surface area contributed by atoms with Crippen LogP contribution < -0.4 is 5.32 Å². The summed E-state index contributed by atoms with van der Waals surface area (Å²) < 4.78 is 6.60. The fourth-order valence-electron chi connectivity index (χ4n) is 2.62. The molecule has 0 saturated heterocycles. The van der Waals surface area contributed by atoms with Crippen molar-refractivity contribution in [2.45, 2.75) is 20.3 Å². The number of nitrogens with zero attached hydrogens (tertiary/aromatic N) is 5. The molecule has 0 saturated carbocycles. The van der Waals surface area contributed by atoms with Crippen LogP contribution in [0.25, 0.3) is 5.78 Å². The first-order chi connectivity index (χ1) is 13.0. The minimum atomic E-state index is -0.552. The van der Waals surface area contributed by atoms with E-state index in [1.54, 1.807) is 29.6 Å². The zero-order valence-electron chi connectivity index (χ0n) is 14.8. The maximum atomic E-state index is 12.1. The van der Waals surface area contributed by atoms with Crippen LogP contribution in [-0.4, -0.2) is 38.1 Å². The molecule has 1 N–H and O–H groups in total. The molecule has 2 heterocycles. The summed E-state index contributed by atoms with van der Waals surface area (Å²) >= 11 is 0. The summed E-state index contributed by atoms with van der Waals surface area (Å²) in [5.74, 6) is -0.582. The number of nitriles is 1. The highest BCUT2D eigenvalue weighted by atomic mass is 16.5. The zero-order chi connectivity index (χ0) is 19.4. The molecule has 9 heteroatoms. The number of hydrogen-bond donors (Lipinski definition) is 1. The first-order valence-electron chi connectivity index (χ1n) is 8.09. The largest absolute Gasteiger partial charge is 0.455 e. The Morgan fingerprint density at radius 2 is 2.15 bits per heavy atom. The van der Waals surface area contributed by atoms with Crippen LogP contribution in [0.1, 0.15) is 22.5 Å². The van der Waals surface area contributed by atoms with E-state index in [0.29, 0.717) is 28.3 Å². The number of aromatic nitrogens is 4. The lowest BCUT2D eigenvalue weighted by atomic mass is 10.1. The van der Waals surface area contributed by atoms with Gasteiger partial charge >= 0.3 is 5.97 Å². The molecule has 3 aromatic rings. The van der Waals surface area contributed by atoms with E-state index in [4.69, 9.17) is 10.00 Å². The van der Waals surface area contributed by atoms with Crippen LogP contribution >= 0.6 is 0 Å². The van der Waals surface area contributed by atoms with E-state index in [2.05, 4.69) is 20.4 Å². The smallest absolute Gasteiger partial charge is 0.310 e. The predicted molar refractivity (Wildman–Crippen MR) is 94.7 cm³/mol. The van der Waals surface area contributed by atoms with E-state index in [1.165, 1.54) is 12.4 Å². The molecule has 136 valence electrons. The Morgan fingerprint density at radius 1 is 1.33 bits per heavy atom. The SMILES string of the molecule is Cc1nc2ncnn2c(C)c1CC(=O)OCC(=O)Nc1cccc(C#N)c1. The fourth-order valence-corrected chi connectivity index (χ4v) is 2.62. The lowest BCUT2D eigenvalue weighted by molar-refractivity contribution is -0.146. The number of hydrogen-bond acceptors (Lipinski definition) is 7. The van der Waals surface area contributed by atoms with Crippen molar-refractivity contribution < 1.29 is 14.3 Å². The number of rotatable bonds is 5. The molecular formula is C18H16N6O3. The minimum Gasteiger partial charge on any atom is -0.455 e. The van der Waals surface area contributed by atoms with Crippen molar-refractivity contribution in [1.29, 1.82) is 5.26 Å². The Bertz CT molecular complexity index is 1070. The molecule has 0 fully saturated rings. The number of carbonyl (C=O) groups is 2. The molecule has 3 rings (SSSR count). The Kier molecular flexibility index (Phi) is 5.08. The van der Waals surface area contributed by atoms with E-state index >= 15 is 0 Å². The van der Waals surface area contributed by atoms with Gasteiger partial charge in [0, 0.05) is 22.6 Å². The van der Waals surface area contributed by atoms with Gasteiger partial charge < -0.3 is 10.1 Å². The van der Waals surface area contributed by atoms with Crippen molar-refractivity contribution in [2.24, 2.45) is 0 Å². The third-order valence-electron chi connectivity index (χ3n) is 3.95. The second-order valence-corrected chi connectivity index (χ2v) is 5.81. The van der Waals surface area contributed by atoms with Gasteiger partial charge in [0.05, 0.1) is 18.1 Å². The Labute approximate surface area is 154 Å². The average molecular weight is 364 g/mol. The normalized spacial score (nSPS) is 10.4. The third-order valence-corrected chi connectivity index (χ3v) is 3.95. The second-order valence-electron chi connectivity index (χ2n) is 5.81. The van der Waals surface area contributed by atoms with Gasteiger partial charge in [0.15, 0.2) is 6.61 Å². The number of benzene rings is 1. The van der Waals surface area contributed by atoms with E-state index in [1.807, 2.05) is 13.0 Å². The molecule has 27 heavy (non-hydrogen) atoms. The molecule has 0 radical (unpaired) electrons. The molecule has 1 aromatic carbocycles. The molecule has 0 aliphatic carbocycles. The summed E-state index contributed by atoms with van der Waals surface area (Å²) in [7, 11) is 0. The van der Waals surface area contributed by atoms with E-state index in [9.17, 15) is 9.59 Å². The average Bonchev–Trinajstić information content (AvgIpc) is 3.12. The van der Waals surface area contributed by atoms with Gasteiger partial charge in [0.25, 0.3) is 11.7 Å². The number of aryl methyl sites for hydroxylation is 2. The molecular weight excluding hydrogens is 348 g/mol. The lowest BCUT2D eigenvalue weighted by Gasteiger charge is -2.10. The maximum absolute atomic E-state index is 12.1. The summed E-state index contributed by atoms with van der Waals surface area (Å²) in [6.45, 7) is 3.17. The number of anilines is 1. The Balaban J connectivity index is 1.60. The van der Waals surface area contributed by atoms with Crippen molar-refractivity contribution in [3.8, 4) is 6.07 Å². The van der Waals surface area contributed by atoms with Gasteiger partial charge in [-0.3, -0.25) is 9.59 Å². The summed E-state index contributed by atoms with van der Waals surface area (Å²) in [4.78, 5) is 32.4. The van der Waals surface area contributed by atoms with Crippen LogP contribution in [0.5, 0.6) is 0 Å². The highest BCUT2D eigenvalue weighted by Gasteiger charge is 2.16. The van der Waals surface area contributed by atoms with Crippen LogP contribution in [0.2, 0.25) is 0 Å². The van der Waals surface area contributed by atoms with Crippen LogP contribution in [0.4, 0.5) is 5.69 Å². The van der Waals surface area contributed by atoms with Gasteiger partial charge in [0.2, 0.25) is 0 Å². The molecule has 0 atom stereocenters. The van der Waals surface area contributed by atoms with Gasteiger partial charge in [-0.25, -0.2) is 9.50 Å². The third kappa shape index (κ3) is 4.07.